The summed E-state index contributed by atoms with van der Waals surface area (Å²) in [5.74, 6) is 1.30. The Kier molecular flexibility index (Phi) is 4.27. The predicted molar refractivity (Wildman–Crippen MR) is 82.0 cm³/mol. The maximum atomic E-state index is 9.53. The molecule has 1 atom stereocenters. The largest absolute Gasteiger partial charge is 0.508 e. The van der Waals surface area contributed by atoms with Gasteiger partial charge in [-0.1, -0.05) is 6.07 Å². The molecule has 0 bridgehead atoms. The molecule has 1 heterocycles. The third-order valence-corrected chi connectivity index (χ3v) is 4.99. The van der Waals surface area contributed by atoms with Gasteiger partial charge < -0.3 is 15.3 Å². The second kappa shape index (κ2) is 6.15. The number of rotatable bonds is 4. The van der Waals surface area contributed by atoms with Gasteiger partial charge >= 0.3 is 0 Å². The van der Waals surface area contributed by atoms with Crippen molar-refractivity contribution < 1.29 is 5.11 Å². The lowest BCUT2D eigenvalue weighted by Crippen LogP contribution is -2.32. The second-order valence-corrected chi connectivity index (χ2v) is 6.46. The highest BCUT2D eigenvalue weighted by molar-refractivity contribution is 5.39. The van der Waals surface area contributed by atoms with E-state index in [4.69, 9.17) is 0 Å². The van der Waals surface area contributed by atoms with Gasteiger partial charge in [0, 0.05) is 6.04 Å². The van der Waals surface area contributed by atoms with Crippen molar-refractivity contribution in [3.8, 4) is 5.75 Å². The number of nitrogens with zero attached hydrogens (tertiary/aromatic N) is 1. The minimum Gasteiger partial charge on any atom is -0.508 e. The van der Waals surface area contributed by atoms with Gasteiger partial charge in [0.2, 0.25) is 0 Å². The minimum absolute atomic E-state index is 0.399. The Balaban J connectivity index is 1.46. The van der Waals surface area contributed by atoms with E-state index in [0.717, 1.165) is 18.9 Å². The van der Waals surface area contributed by atoms with Crippen LogP contribution in [0, 0.1) is 5.92 Å². The summed E-state index contributed by atoms with van der Waals surface area (Å²) in [5.41, 5.74) is 2.72. The van der Waals surface area contributed by atoms with Gasteiger partial charge in [-0.25, -0.2) is 0 Å². The van der Waals surface area contributed by atoms with Crippen molar-refractivity contribution in [1.29, 1.82) is 0 Å². The first kappa shape index (κ1) is 13.9. The molecule has 1 fully saturated rings. The van der Waals surface area contributed by atoms with E-state index in [1.807, 2.05) is 12.1 Å². The number of likely N-dealkylation sites (tertiary alicyclic amines) is 1. The zero-order chi connectivity index (χ0) is 13.9. The Hall–Kier alpha value is -1.06. The monoisotopic (exact) mass is 274 g/mol. The van der Waals surface area contributed by atoms with Crippen molar-refractivity contribution in [2.45, 2.75) is 38.1 Å². The molecule has 1 aliphatic carbocycles. The fraction of sp³-hybridized carbons (Fsp3) is 0.647. The summed E-state index contributed by atoms with van der Waals surface area (Å²) < 4.78 is 0. The molecule has 2 N–H and O–H groups in total. The first-order chi connectivity index (χ1) is 9.72. The van der Waals surface area contributed by atoms with Crippen molar-refractivity contribution >= 4 is 0 Å². The molecule has 1 aliphatic heterocycles. The molecule has 1 saturated heterocycles. The fourth-order valence-electron chi connectivity index (χ4n) is 3.63. The van der Waals surface area contributed by atoms with Gasteiger partial charge in [-0.15, -0.1) is 0 Å². The van der Waals surface area contributed by atoms with Gasteiger partial charge in [-0.05, 0) is 88.0 Å². The Labute approximate surface area is 122 Å². The van der Waals surface area contributed by atoms with Crippen molar-refractivity contribution in [3.63, 3.8) is 0 Å². The molecule has 0 aromatic heterocycles. The summed E-state index contributed by atoms with van der Waals surface area (Å²) in [6.07, 6.45) is 6.28. The molecule has 3 heteroatoms. The highest BCUT2D eigenvalue weighted by Crippen LogP contribution is 2.33. The summed E-state index contributed by atoms with van der Waals surface area (Å²) in [4.78, 5) is 2.43. The summed E-state index contributed by atoms with van der Waals surface area (Å²) >= 11 is 0. The molecule has 1 aromatic carbocycles. The highest BCUT2D eigenvalue weighted by Gasteiger charge is 2.23. The molecule has 0 saturated carbocycles. The van der Waals surface area contributed by atoms with E-state index in [1.54, 1.807) is 0 Å². The van der Waals surface area contributed by atoms with Crippen LogP contribution in [0.1, 0.15) is 42.9 Å². The first-order valence-corrected chi connectivity index (χ1v) is 7.96. The van der Waals surface area contributed by atoms with Crippen LogP contribution in [0.5, 0.6) is 5.75 Å². The summed E-state index contributed by atoms with van der Waals surface area (Å²) in [6.45, 7) is 3.64. The van der Waals surface area contributed by atoms with Crippen LogP contribution in [0.4, 0.5) is 0 Å². The van der Waals surface area contributed by atoms with Gasteiger partial charge in [0.1, 0.15) is 5.75 Å². The van der Waals surface area contributed by atoms with Crippen molar-refractivity contribution in [2.75, 3.05) is 26.7 Å². The molecular formula is C17H26N2O. The van der Waals surface area contributed by atoms with Crippen LogP contribution in [0.15, 0.2) is 18.2 Å². The molecule has 0 spiro atoms. The standard InChI is InChI=1S/C17H26N2O/c1-19-10-7-13(8-11-19)6-9-18-17-5-2-14-12-15(20)3-4-16(14)17/h3-4,12-13,17-18,20H,2,5-11H2,1H3. The van der Waals surface area contributed by atoms with Gasteiger partial charge in [-0.3, -0.25) is 0 Å². The average Bonchev–Trinajstić information content (AvgIpc) is 2.83. The SMILES string of the molecule is CN1CCC(CCNC2CCc3cc(O)ccc32)CC1. The van der Waals surface area contributed by atoms with E-state index in [1.165, 1.54) is 49.9 Å². The molecule has 3 nitrogen and oxygen atoms in total. The van der Waals surface area contributed by atoms with E-state index in [9.17, 15) is 5.11 Å². The molecule has 1 aromatic rings. The minimum atomic E-state index is 0.399. The number of phenolic OH excluding ortho intramolecular Hbond substituents is 1. The maximum Gasteiger partial charge on any atom is 0.115 e. The molecule has 0 amide bonds. The number of hydrogen-bond donors (Lipinski definition) is 2. The molecule has 20 heavy (non-hydrogen) atoms. The fourth-order valence-corrected chi connectivity index (χ4v) is 3.63. The number of phenols is 1. The smallest absolute Gasteiger partial charge is 0.115 e. The van der Waals surface area contributed by atoms with E-state index in [0.29, 0.717) is 11.8 Å². The van der Waals surface area contributed by atoms with Crippen molar-refractivity contribution in [2.24, 2.45) is 5.92 Å². The third-order valence-electron chi connectivity index (χ3n) is 4.99. The van der Waals surface area contributed by atoms with Crippen molar-refractivity contribution in [3.05, 3.63) is 29.3 Å². The van der Waals surface area contributed by atoms with E-state index < -0.39 is 0 Å². The molecule has 110 valence electrons. The number of piperidine rings is 1. The van der Waals surface area contributed by atoms with Gasteiger partial charge in [0.05, 0.1) is 0 Å². The molecule has 3 rings (SSSR count). The van der Waals surface area contributed by atoms with Crippen LogP contribution in [0.3, 0.4) is 0 Å². The molecular weight excluding hydrogens is 248 g/mol. The van der Waals surface area contributed by atoms with Gasteiger partial charge in [0.25, 0.3) is 0 Å². The zero-order valence-corrected chi connectivity index (χ0v) is 12.4. The van der Waals surface area contributed by atoms with Crippen LogP contribution >= 0.6 is 0 Å². The number of aryl methyl sites for hydroxylation is 1. The molecule has 1 unspecified atom stereocenters. The van der Waals surface area contributed by atoms with Gasteiger partial charge in [-0.2, -0.15) is 0 Å². The summed E-state index contributed by atoms with van der Waals surface area (Å²) in [7, 11) is 2.22. The number of nitrogens with one attached hydrogen (secondary N) is 1. The number of fused-ring (bicyclic) bond motifs is 1. The lowest BCUT2D eigenvalue weighted by molar-refractivity contribution is 0.210. The number of benzene rings is 1. The van der Waals surface area contributed by atoms with Crippen molar-refractivity contribution in [1.82, 2.24) is 10.2 Å². The first-order valence-electron chi connectivity index (χ1n) is 7.96. The summed E-state index contributed by atoms with van der Waals surface area (Å²) in [6, 6.07) is 6.33. The van der Waals surface area contributed by atoms with E-state index in [2.05, 4.69) is 23.3 Å². The number of hydrogen-bond acceptors (Lipinski definition) is 3. The van der Waals surface area contributed by atoms with Crippen LogP contribution in [-0.2, 0) is 6.42 Å². The lowest BCUT2D eigenvalue weighted by atomic mass is 9.93. The van der Waals surface area contributed by atoms with Crippen LogP contribution in [0.25, 0.3) is 0 Å². The lowest BCUT2D eigenvalue weighted by Gasteiger charge is -2.29. The Morgan fingerprint density at radius 3 is 2.85 bits per heavy atom. The van der Waals surface area contributed by atoms with Crippen LogP contribution in [0.2, 0.25) is 0 Å². The third kappa shape index (κ3) is 3.15. The maximum absolute atomic E-state index is 9.53. The van der Waals surface area contributed by atoms with E-state index in [-0.39, 0.29) is 0 Å². The van der Waals surface area contributed by atoms with Crippen LogP contribution < -0.4 is 5.32 Å². The summed E-state index contributed by atoms with van der Waals surface area (Å²) in [5, 5.41) is 13.2. The Morgan fingerprint density at radius 1 is 1.25 bits per heavy atom. The average molecular weight is 274 g/mol. The molecule has 2 aliphatic rings. The zero-order valence-electron chi connectivity index (χ0n) is 12.4. The van der Waals surface area contributed by atoms with Gasteiger partial charge in [0.15, 0.2) is 0 Å². The van der Waals surface area contributed by atoms with E-state index >= 15 is 0 Å². The topological polar surface area (TPSA) is 35.5 Å². The quantitative estimate of drug-likeness (QED) is 0.886. The Morgan fingerprint density at radius 2 is 2.05 bits per heavy atom. The van der Waals surface area contributed by atoms with Crippen LogP contribution in [-0.4, -0.2) is 36.7 Å². The Bertz CT molecular complexity index is 452. The molecule has 0 radical (unpaired) electrons. The highest BCUT2D eigenvalue weighted by atomic mass is 16.3. The number of aromatic hydroxyl groups is 1. The predicted octanol–water partition coefficient (Wildman–Crippen LogP) is 2.70. The second-order valence-electron chi connectivity index (χ2n) is 6.46. The normalized spacial score (nSPS) is 23.9.